The van der Waals surface area contributed by atoms with E-state index in [1.807, 2.05) is 6.04 Å². The fourth-order valence-electron chi connectivity index (χ4n) is 0.932. The highest BCUT2D eigenvalue weighted by atomic mass is 16.2. The van der Waals surface area contributed by atoms with Gasteiger partial charge in [-0.15, -0.1) is 0 Å². The number of carbonyl (C=O) groups is 2. The van der Waals surface area contributed by atoms with Gasteiger partial charge in [-0.1, -0.05) is 24.6 Å². The highest BCUT2D eigenvalue weighted by Crippen LogP contribution is 2.03. The molecule has 0 saturated heterocycles. The molecule has 0 aliphatic rings. The second-order valence-electron chi connectivity index (χ2n) is 2.47. The number of carbonyl (C=O) groups excluding carboxylic acids is 2. The van der Waals surface area contributed by atoms with Crippen LogP contribution >= 0.6 is 0 Å². The predicted molar refractivity (Wildman–Crippen MR) is 51.0 cm³/mol. The molecule has 0 heterocycles. The zero-order valence-corrected chi connectivity index (χ0v) is 7.31. The zero-order chi connectivity index (χ0) is 10.6. The summed E-state index contributed by atoms with van der Waals surface area (Å²) in [5.74, 6) is -0.597. The summed E-state index contributed by atoms with van der Waals surface area (Å²) in [5.41, 5.74) is 5.23. The third-order valence-electron chi connectivity index (χ3n) is 1.57. The van der Waals surface area contributed by atoms with Gasteiger partial charge < -0.3 is 5.73 Å². The monoisotopic (exact) mass is 188 g/mol. The molecule has 4 nitrogen and oxygen atoms in total. The molecule has 0 radical (unpaired) electrons. The lowest BCUT2D eigenvalue weighted by Crippen LogP contribution is -2.36. The molecule has 4 heteroatoms. The van der Waals surface area contributed by atoms with Crippen LogP contribution in [0.15, 0.2) is 30.3 Å². The SMILES string of the molecule is C#CN(C(N)=O)C(=O)c1ccccc1. The number of hydrogen-bond donors (Lipinski definition) is 1. The van der Waals surface area contributed by atoms with Gasteiger partial charge >= 0.3 is 6.03 Å². The predicted octanol–water partition coefficient (Wildman–Crippen LogP) is 0.798. The Morgan fingerprint density at radius 3 is 2.29 bits per heavy atom. The van der Waals surface area contributed by atoms with E-state index in [1.54, 1.807) is 30.3 Å². The van der Waals surface area contributed by atoms with Gasteiger partial charge in [-0.25, -0.2) is 4.79 Å². The van der Waals surface area contributed by atoms with Crippen molar-refractivity contribution in [3.05, 3.63) is 35.9 Å². The van der Waals surface area contributed by atoms with Gasteiger partial charge in [-0.3, -0.25) is 4.79 Å². The van der Waals surface area contributed by atoms with Crippen LogP contribution in [0, 0.1) is 12.5 Å². The third-order valence-corrected chi connectivity index (χ3v) is 1.57. The molecule has 0 atom stereocenters. The van der Waals surface area contributed by atoms with Gasteiger partial charge in [0.1, 0.15) is 0 Å². The first-order valence-electron chi connectivity index (χ1n) is 3.82. The van der Waals surface area contributed by atoms with Crippen molar-refractivity contribution in [2.24, 2.45) is 5.73 Å². The molecule has 1 aromatic rings. The van der Waals surface area contributed by atoms with Crippen molar-refractivity contribution in [3.63, 3.8) is 0 Å². The maximum Gasteiger partial charge on any atom is 0.333 e. The number of amides is 3. The van der Waals surface area contributed by atoms with Crippen LogP contribution in [0.25, 0.3) is 0 Å². The number of imide groups is 1. The van der Waals surface area contributed by atoms with Gasteiger partial charge in [0.25, 0.3) is 5.91 Å². The number of benzene rings is 1. The molecule has 14 heavy (non-hydrogen) atoms. The van der Waals surface area contributed by atoms with Gasteiger partial charge in [-0.05, 0) is 12.1 Å². The molecular formula is C10H8N2O2. The Morgan fingerprint density at radius 1 is 1.29 bits per heavy atom. The number of nitrogens with zero attached hydrogens (tertiary/aromatic N) is 1. The Kier molecular flexibility index (Phi) is 2.87. The van der Waals surface area contributed by atoms with Crippen molar-refractivity contribution < 1.29 is 9.59 Å². The van der Waals surface area contributed by atoms with Crippen LogP contribution in [0.4, 0.5) is 4.79 Å². The molecule has 0 saturated carbocycles. The Balaban J connectivity index is 2.97. The van der Waals surface area contributed by atoms with Crippen molar-refractivity contribution >= 4 is 11.9 Å². The number of hydrogen-bond acceptors (Lipinski definition) is 2. The van der Waals surface area contributed by atoms with E-state index in [0.717, 1.165) is 0 Å². The Labute approximate surface area is 81.3 Å². The summed E-state index contributed by atoms with van der Waals surface area (Å²) in [5, 5.41) is 0. The smallest absolute Gasteiger partial charge is 0.333 e. The minimum Gasteiger partial charge on any atom is -0.350 e. The molecule has 3 amide bonds. The molecule has 0 aromatic heterocycles. The fraction of sp³-hybridized carbons (Fsp3) is 0. The second-order valence-corrected chi connectivity index (χ2v) is 2.47. The lowest BCUT2D eigenvalue weighted by molar-refractivity contribution is 0.0869. The highest BCUT2D eigenvalue weighted by molar-refractivity contribution is 6.05. The summed E-state index contributed by atoms with van der Waals surface area (Å²) in [7, 11) is 0. The minimum absolute atomic E-state index is 0.323. The summed E-state index contributed by atoms with van der Waals surface area (Å²) in [6.07, 6.45) is 4.97. The summed E-state index contributed by atoms with van der Waals surface area (Å²) < 4.78 is 0. The molecule has 0 fully saturated rings. The number of terminal acetylenes is 1. The number of rotatable bonds is 1. The van der Waals surface area contributed by atoms with Gasteiger partial charge in [0, 0.05) is 11.6 Å². The van der Waals surface area contributed by atoms with Crippen LogP contribution < -0.4 is 5.73 Å². The molecule has 1 aromatic carbocycles. The molecular weight excluding hydrogens is 180 g/mol. The average Bonchev–Trinajstić information content (AvgIpc) is 2.19. The molecule has 2 N–H and O–H groups in total. The standard InChI is InChI=1S/C10H8N2O2/c1-2-12(10(11)14)9(13)8-6-4-3-5-7-8/h1,3-7H,(H2,11,14). The van der Waals surface area contributed by atoms with Gasteiger partial charge in [0.05, 0.1) is 0 Å². The maximum atomic E-state index is 11.5. The minimum atomic E-state index is -0.957. The van der Waals surface area contributed by atoms with E-state index >= 15 is 0 Å². The Bertz CT molecular complexity index is 392. The van der Waals surface area contributed by atoms with Crippen LogP contribution in [0.1, 0.15) is 10.4 Å². The lowest BCUT2D eigenvalue weighted by atomic mass is 10.2. The molecule has 0 aliphatic carbocycles. The highest BCUT2D eigenvalue weighted by Gasteiger charge is 2.17. The van der Waals surface area contributed by atoms with Crippen molar-refractivity contribution in [3.8, 4) is 12.5 Å². The molecule has 0 aliphatic heterocycles. The topological polar surface area (TPSA) is 63.4 Å². The summed E-state index contributed by atoms with van der Waals surface area (Å²) >= 11 is 0. The third kappa shape index (κ3) is 1.90. The van der Waals surface area contributed by atoms with E-state index in [4.69, 9.17) is 12.2 Å². The van der Waals surface area contributed by atoms with Gasteiger partial charge in [0.2, 0.25) is 0 Å². The number of nitrogens with two attached hydrogens (primary N) is 1. The van der Waals surface area contributed by atoms with Crippen molar-refractivity contribution in [1.82, 2.24) is 4.90 Å². The fourth-order valence-corrected chi connectivity index (χ4v) is 0.932. The molecule has 0 unspecified atom stereocenters. The van der Waals surface area contributed by atoms with Crippen LogP contribution in [0.5, 0.6) is 0 Å². The van der Waals surface area contributed by atoms with Gasteiger partial charge in [0.15, 0.2) is 0 Å². The molecule has 0 spiro atoms. The Morgan fingerprint density at radius 2 is 1.86 bits per heavy atom. The number of primary amides is 1. The first-order chi connectivity index (χ1) is 6.66. The number of urea groups is 1. The van der Waals surface area contributed by atoms with E-state index in [9.17, 15) is 9.59 Å². The Hall–Kier alpha value is -2.28. The van der Waals surface area contributed by atoms with E-state index in [2.05, 4.69) is 0 Å². The molecule has 0 bridgehead atoms. The first kappa shape index (κ1) is 9.81. The van der Waals surface area contributed by atoms with Crippen LogP contribution in [0.2, 0.25) is 0 Å². The van der Waals surface area contributed by atoms with Crippen molar-refractivity contribution in [1.29, 1.82) is 0 Å². The van der Waals surface area contributed by atoms with Crippen molar-refractivity contribution in [2.45, 2.75) is 0 Å². The maximum absolute atomic E-state index is 11.5. The van der Waals surface area contributed by atoms with Crippen LogP contribution in [0.3, 0.4) is 0 Å². The largest absolute Gasteiger partial charge is 0.350 e. The van der Waals surface area contributed by atoms with E-state index in [1.165, 1.54) is 0 Å². The summed E-state index contributed by atoms with van der Waals surface area (Å²) in [6.45, 7) is 0. The van der Waals surface area contributed by atoms with Crippen molar-refractivity contribution in [2.75, 3.05) is 0 Å². The molecule has 1 rings (SSSR count). The van der Waals surface area contributed by atoms with E-state index in [0.29, 0.717) is 10.5 Å². The van der Waals surface area contributed by atoms with E-state index < -0.39 is 11.9 Å². The molecule has 70 valence electrons. The van der Waals surface area contributed by atoms with E-state index in [-0.39, 0.29) is 0 Å². The average molecular weight is 188 g/mol. The second kappa shape index (κ2) is 4.10. The summed E-state index contributed by atoms with van der Waals surface area (Å²) in [6, 6.07) is 9.14. The van der Waals surface area contributed by atoms with Crippen LogP contribution in [-0.2, 0) is 0 Å². The lowest BCUT2D eigenvalue weighted by Gasteiger charge is -2.09. The summed E-state index contributed by atoms with van der Waals surface area (Å²) in [4.78, 5) is 22.8. The first-order valence-corrected chi connectivity index (χ1v) is 3.82. The van der Waals surface area contributed by atoms with Gasteiger partial charge in [-0.2, -0.15) is 4.90 Å². The quantitative estimate of drug-likeness (QED) is 0.523. The zero-order valence-electron chi connectivity index (χ0n) is 7.31. The van der Waals surface area contributed by atoms with Crippen LogP contribution in [-0.4, -0.2) is 16.8 Å². The normalized spacial score (nSPS) is 8.79.